The van der Waals surface area contributed by atoms with E-state index in [1.54, 1.807) is 0 Å². The minimum Gasteiger partial charge on any atom is -0.463 e. The molecule has 0 aliphatic rings. The van der Waals surface area contributed by atoms with Gasteiger partial charge in [-0.2, -0.15) is 0 Å². The molecule has 0 aromatic carbocycles. The minimum absolute atomic E-state index is 0.480. The quantitative estimate of drug-likeness (QED) is 0.342. The highest BCUT2D eigenvalue weighted by Crippen LogP contribution is 2.19. The van der Waals surface area contributed by atoms with Gasteiger partial charge in [0.25, 0.3) is 5.76 Å². The molecule has 0 rings (SSSR count). The second kappa shape index (κ2) is 10.2. The molecule has 0 aromatic heterocycles. The van der Waals surface area contributed by atoms with Crippen molar-refractivity contribution in [2.45, 2.75) is 26.7 Å². The summed E-state index contributed by atoms with van der Waals surface area (Å²) in [4.78, 5) is 18.4. The van der Waals surface area contributed by atoms with Crippen molar-refractivity contribution >= 4 is 14.2 Å². The summed E-state index contributed by atoms with van der Waals surface area (Å²) < 4.78 is 18.0. The van der Waals surface area contributed by atoms with Crippen LogP contribution in [0.5, 0.6) is 0 Å². The van der Waals surface area contributed by atoms with Crippen molar-refractivity contribution in [3.63, 3.8) is 0 Å². The van der Waals surface area contributed by atoms with Crippen LogP contribution in [0.4, 0.5) is 0 Å². The summed E-state index contributed by atoms with van der Waals surface area (Å²) in [7, 11) is -1.72. The van der Waals surface area contributed by atoms with Gasteiger partial charge in [0.15, 0.2) is 0 Å². The normalized spacial score (nSPS) is 9.29. The summed E-state index contributed by atoms with van der Waals surface area (Å²) in [6.07, 6.45) is 2.64. The molecule has 0 aliphatic heterocycles. The van der Waals surface area contributed by atoms with Crippen LogP contribution in [-0.2, 0) is 18.6 Å². The summed E-state index contributed by atoms with van der Waals surface area (Å²) in [6, 6.07) is 0. The van der Waals surface area contributed by atoms with E-state index in [2.05, 4.69) is 29.7 Å². The minimum atomic E-state index is -2.83. The molecule has 0 spiro atoms. The van der Waals surface area contributed by atoms with Crippen molar-refractivity contribution in [3.8, 4) is 0 Å². The van der Waals surface area contributed by atoms with Gasteiger partial charge < -0.3 is 4.74 Å². The standard InChI is InChI=1S/C4H5O5P.C4H10/c1-3(4(5)8-2)9-10(6)7;1-3-4-2/h1H2,2H3;3-4H2,1-2H3/p+1. The number of hydrogen-bond acceptors (Lipinski definition) is 4. The van der Waals surface area contributed by atoms with E-state index in [1.165, 1.54) is 12.8 Å². The fourth-order valence-corrected chi connectivity index (χ4v) is 0.508. The molecule has 0 aromatic rings. The van der Waals surface area contributed by atoms with Gasteiger partial charge >= 0.3 is 14.2 Å². The van der Waals surface area contributed by atoms with E-state index in [9.17, 15) is 9.36 Å². The molecule has 5 nitrogen and oxygen atoms in total. The van der Waals surface area contributed by atoms with Gasteiger partial charge in [0, 0.05) is 4.57 Å². The molecule has 1 atom stereocenters. The second-order valence-corrected chi connectivity index (χ2v) is 2.90. The van der Waals surface area contributed by atoms with Crippen molar-refractivity contribution in [1.82, 2.24) is 0 Å². The third kappa shape index (κ3) is 11.1. The van der Waals surface area contributed by atoms with Crippen molar-refractivity contribution in [2.75, 3.05) is 7.11 Å². The molecule has 0 saturated heterocycles. The van der Waals surface area contributed by atoms with Crippen LogP contribution in [0, 0.1) is 0 Å². The molecule has 0 fully saturated rings. The summed E-state index contributed by atoms with van der Waals surface area (Å²) in [6.45, 7) is 7.39. The Kier molecular flexibility index (Phi) is 11.3. The lowest BCUT2D eigenvalue weighted by molar-refractivity contribution is -0.138. The summed E-state index contributed by atoms with van der Waals surface area (Å²) in [5, 5.41) is 0. The van der Waals surface area contributed by atoms with Crippen molar-refractivity contribution in [1.29, 1.82) is 0 Å². The molecule has 0 radical (unpaired) electrons. The van der Waals surface area contributed by atoms with Gasteiger partial charge in [-0.1, -0.05) is 26.7 Å². The third-order valence-electron chi connectivity index (χ3n) is 1.10. The first-order valence-electron chi connectivity index (χ1n) is 4.10. The average molecular weight is 223 g/mol. The number of hydrogen-bond donors (Lipinski definition) is 1. The van der Waals surface area contributed by atoms with E-state index in [0.717, 1.165) is 7.11 Å². The van der Waals surface area contributed by atoms with Crippen LogP contribution in [0.2, 0.25) is 0 Å². The maximum Gasteiger partial charge on any atom is 0.747 e. The molecule has 1 N–H and O–H groups in total. The van der Waals surface area contributed by atoms with Crippen molar-refractivity contribution in [2.24, 2.45) is 0 Å². The predicted octanol–water partition coefficient (Wildman–Crippen LogP) is 2.15. The number of carbonyl (C=O) groups is 1. The van der Waals surface area contributed by atoms with Gasteiger partial charge in [0.1, 0.15) is 0 Å². The number of ether oxygens (including phenoxy) is 1. The molecule has 0 heterocycles. The fourth-order valence-electron chi connectivity index (χ4n) is 0.245. The molecule has 1 unspecified atom stereocenters. The van der Waals surface area contributed by atoms with E-state index in [1.807, 2.05) is 0 Å². The molecule has 0 saturated carbocycles. The summed E-state index contributed by atoms with van der Waals surface area (Å²) in [5.41, 5.74) is 0. The highest BCUT2D eigenvalue weighted by Gasteiger charge is 2.21. The SMILES string of the molecule is C=C(O[P+](=O)O)C(=O)OC.CCCC. The van der Waals surface area contributed by atoms with Gasteiger partial charge in [-0.25, -0.2) is 9.32 Å². The maximum atomic E-state index is 10.4. The van der Waals surface area contributed by atoms with Crippen LogP contribution in [0.1, 0.15) is 26.7 Å². The lowest BCUT2D eigenvalue weighted by Crippen LogP contribution is -2.03. The lowest BCUT2D eigenvalue weighted by atomic mass is 10.4. The molecular formula is C8H16O5P+. The zero-order valence-electron chi connectivity index (χ0n) is 8.65. The Morgan fingerprint density at radius 3 is 2.07 bits per heavy atom. The lowest BCUT2D eigenvalue weighted by Gasteiger charge is -1.92. The highest BCUT2D eigenvalue weighted by molar-refractivity contribution is 7.32. The van der Waals surface area contributed by atoms with Crippen LogP contribution in [0.3, 0.4) is 0 Å². The zero-order chi connectivity index (χ0) is 11.6. The molecule has 82 valence electrons. The number of methoxy groups -OCH3 is 1. The van der Waals surface area contributed by atoms with E-state index in [0.29, 0.717) is 0 Å². The Labute approximate surface area is 84.7 Å². The van der Waals surface area contributed by atoms with Crippen LogP contribution in [0.15, 0.2) is 12.3 Å². The third-order valence-corrected chi connectivity index (χ3v) is 1.48. The second-order valence-electron chi connectivity index (χ2n) is 2.24. The van der Waals surface area contributed by atoms with Gasteiger partial charge in [0.05, 0.1) is 7.11 Å². The topological polar surface area (TPSA) is 72.8 Å². The molecule has 0 aliphatic carbocycles. The first-order valence-corrected chi connectivity index (χ1v) is 5.23. The number of rotatable bonds is 4. The van der Waals surface area contributed by atoms with Crippen LogP contribution in [0.25, 0.3) is 0 Å². The Balaban J connectivity index is 0. The van der Waals surface area contributed by atoms with Crippen molar-refractivity contribution in [3.05, 3.63) is 12.3 Å². The summed E-state index contributed by atoms with van der Waals surface area (Å²) >= 11 is 0. The zero-order valence-corrected chi connectivity index (χ0v) is 9.54. The molecular weight excluding hydrogens is 207 g/mol. The molecule has 0 amide bonds. The molecule has 6 heteroatoms. The van der Waals surface area contributed by atoms with E-state index < -0.39 is 20.0 Å². The summed E-state index contributed by atoms with van der Waals surface area (Å²) in [5.74, 6) is -1.34. The molecule has 0 bridgehead atoms. The largest absolute Gasteiger partial charge is 0.747 e. The monoisotopic (exact) mass is 223 g/mol. The smallest absolute Gasteiger partial charge is 0.463 e. The maximum absolute atomic E-state index is 10.4. The first kappa shape index (κ1) is 15.5. The van der Waals surface area contributed by atoms with Crippen LogP contribution < -0.4 is 0 Å². The fraction of sp³-hybridized carbons (Fsp3) is 0.625. The van der Waals surface area contributed by atoms with E-state index in [4.69, 9.17) is 4.89 Å². The first-order chi connectivity index (χ1) is 6.49. The van der Waals surface area contributed by atoms with Crippen molar-refractivity contribution < 1.29 is 23.5 Å². The Morgan fingerprint density at radius 1 is 1.43 bits per heavy atom. The highest BCUT2D eigenvalue weighted by atomic mass is 31.1. The van der Waals surface area contributed by atoms with Gasteiger partial charge in [-0.05, 0) is 6.58 Å². The predicted molar refractivity (Wildman–Crippen MR) is 52.6 cm³/mol. The number of unbranched alkanes of at least 4 members (excludes halogenated alkanes) is 1. The van der Waals surface area contributed by atoms with Gasteiger partial charge in [0.2, 0.25) is 0 Å². The number of esters is 1. The molecule has 14 heavy (non-hydrogen) atoms. The van der Waals surface area contributed by atoms with Crippen LogP contribution >= 0.6 is 8.25 Å². The van der Waals surface area contributed by atoms with E-state index in [-0.39, 0.29) is 0 Å². The number of carbonyl (C=O) groups excluding carboxylic acids is 1. The van der Waals surface area contributed by atoms with Crippen LogP contribution in [-0.4, -0.2) is 18.0 Å². The van der Waals surface area contributed by atoms with E-state index >= 15 is 0 Å². The van der Waals surface area contributed by atoms with Gasteiger partial charge in [-0.15, -0.1) is 4.89 Å². The Hall–Kier alpha value is -0.930. The average Bonchev–Trinajstić information content (AvgIpc) is 2.16. The Morgan fingerprint density at radius 2 is 1.86 bits per heavy atom. The Bertz CT molecular complexity index is 200. The van der Waals surface area contributed by atoms with Gasteiger partial charge in [-0.3, -0.25) is 0 Å².